The number of carbonyl (C=O) groups is 3. The number of Topliss-reactive ketones (excluding diaryl/α,β-unsaturated/α-hetero) is 1. The Morgan fingerprint density at radius 3 is 2.51 bits per heavy atom. The molecule has 2 saturated carbocycles. The monoisotopic (exact) mass is 480 g/mol. The van der Waals surface area contributed by atoms with Gasteiger partial charge in [-0.2, -0.15) is 0 Å². The number of hydrogen-bond acceptors (Lipinski definition) is 7. The van der Waals surface area contributed by atoms with E-state index in [9.17, 15) is 19.5 Å². The molecule has 4 aliphatic carbocycles. The first-order valence-electron chi connectivity index (χ1n) is 12.4. The molecule has 0 aromatic carbocycles. The van der Waals surface area contributed by atoms with E-state index in [0.29, 0.717) is 18.4 Å². The summed E-state index contributed by atoms with van der Waals surface area (Å²) < 4.78 is 17.9. The van der Waals surface area contributed by atoms with Gasteiger partial charge in [0.1, 0.15) is 11.7 Å². The number of hydrogen-bond donors (Lipinski definition) is 1. The van der Waals surface area contributed by atoms with Crippen LogP contribution >= 0.6 is 0 Å². The second-order valence-electron chi connectivity index (χ2n) is 12.3. The van der Waals surface area contributed by atoms with Crippen molar-refractivity contribution in [3.05, 3.63) is 47.6 Å². The molecule has 1 aromatic rings. The Balaban J connectivity index is 1.62. The van der Waals surface area contributed by atoms with E-state index in [1.165, 1.54) is 6.92 Å². The third-order valence-electron chi connectivity index (χ3n) is 10.4. The number of carbonyl (C=O) groups excluding carboxylic acids is 3. The van der Waals surface area contributed by atoms with Crippen LogP contribution in [0.3, 0.4) is 0 Å². The molecule has 0 unspecified atom stereocenters. The lowest BCUT2D eigenvalue weighted by atomic mass is 9.38. The van der Waals surface area contributed by atoms with Crippen LogP contribution in [0.1, 0.15) is 65.9 Å². The highest BCUT2D eigenvalue weighted by Crippen LogP contribution is 2.81. The summed E-state index contributed by atoms with van der Waals surface area (Å²) >= 11 is 0. The summed E-state index contributed by atoms with van der Waals surface area (Å²) in [5.74, 6) is -1.84. The van der Waals surface area contributed by atoms with Gasteiger partial charge in [-0.1, -0.05) is 19.9 Å². The first kappa shape index (κ1) is 22.8. The van der Waals surface area contributed by atoms with Gasteiger partial charge >= 0.3 is 5.97 Å². The zero-order chi connectivity index (χ0) is 25.3. The van der Waals surface area contributed by atoms with Crippen LogP contribution in [0.25, 0.3) is 0 Å². The van der Waals surface area contributed by atoms with Gasteiger partial charge < -0.3 is 19.0 Å². The highest BCUT2D eigenvalue weighted by atomic mass is 16.6. The van der Waals surface area contributed by atoms with Gasteiger partial charge in [-0.05, 0) is 62.8 Å². The number of ether oxygens (including phenoxy) is 2. The summed E-state index contributed by atoms with van der Waals surface area (Å²) in [6, 6.07) is 1.95. The van der Waals surface area contributed by atoms with Gasteiger partial charge in [0.05, 0.1) is 29.5 Å². The van der Waals surface area contributed by atoms with E-state index in [1.807, 2.05) is 19.9 Å². The lowest BCUT2D eigenvalue weighted by molar-refractivity contribution is -0.200. The van der Waals surface area contributed by atoms with Gasteiger partial charge in [0.25, 0.3) is 0 Å². The molecule has 0 amide bonds. The van der Waals surface area contributed by atoms with Crippen LogP contribution in [0.5, 0.6) is 0 Å². The molecule has 1 aliphatic heterocycles. The van der Waals surface area contributed by atoms with Gasteiger partial charge in [0.15, 0.2) is 11.5 Å². The molecule has 1 saturated heterocycles. The van der Waals surface area contributed by atoms with Crippen LogP contribution in [0.2, 0.25) is 0 Å². The van der Waals surface area contributed by atoms with Crippen LogP contribution < -0.4 is 0 Å². The predicted octanol–water partition coefficient (Wildman–Crippen LogP) is 4.43. The van der Waals surface area contributed by atoms with Crippen LogP contribution in [0.15, 0.2) is 46.5 Å². The maximum absolute atomic E-state index is 14.3. The molecule has 1 spiro atoms. The Kier molecular flexibility index (Phi) is 4.14. The van der Waals surface area contributed by atoms with Crippen molar-refractivity contribution >= 4 is 17.5 Å². The molecule has 6 rings (SSSR count). The van der Waals surface area contributed by atoms with Crippen molar-refractivity contribution in [3.8, 4) is 0 Å². The number of aliphatic hydroxyl groups excluding tert-OH is 1. The molecule has 8 atom stereocenters. The average molecular weight is 481 g/mol. The van der Waals surface area contributed by atoms with Gasteiger partial charge in [0, 0.05) is 23.7 Å². The van der Waals surface area contributed by atoms with Crippen molar-refractivity contribution < 1.29 is 33.4 Å². The maximum atomic E-state index is 14.3. The van der Waals surface area contributed by atoms with Crippen molar-refractivity contribution in [1.29, 1.82) is 0 Å². The molecule has 0 radical (unpaired) electrons. The second-order valence-corrected chi connectivity index (χ2v) is 12.3. The summed E-state index contributed by atoms with van der Waals surface area (Å²) in [7, 11) is 0. The SMILES string of the molecule is CC(=O)O[C@@H]1C[C@@]2(C)[C@H](c3ccoc3)C[C@H]3O[C@]32[C@]2(C)C(=O)C(O)=C3C(C)(C)C(=O)C=C[C@@]3(C)[C@@H]12. The Bertz CT molecular complexity index is 1240. The molecule has 3 fully saturated rings. The second kappa shape index (κ2) is 6.36. The first-order valence-corrected chi connectivity index (χ1v) is 12.4. The fourth-order valence-electron chi connectivity index (χ4n) is 9.22. The smallest absolute Gasteiger partial charge is 0.302 e. The van der Waals surface area contributed by atoms with E-state index in [0.717, 1.165) is 5.56 Å². The third-order valence-corrected chi connectivity index (χ3v) is 10.4. The molecule has 0 bridgehead atoms. The standard InChI is InChI=1S/C28H32O7/c1-14(29)34-17-12-26(5)16(15-8-10-33-13-15)11-19-28(26,35-19)27(6)21(17)25(4)9-7-18(30)24(2,3)22(25)20(31)23(27)32/h7-10,13,16-17,19,21,31H,11-12H2,1-6H3/t16-,17+,19+,21+,25-,26-,27-,28+/m0/s1. The first-order chi connectivity index (χ1) is 16.3. The highest BCUT2D eigenvalue weighted by molar-refractivity contribution is 6.06. The highest BCUT2D eigenvalue weighted by Gasteiger charge is 2.88. The van der Waals surface area contributed by atoms with E-state index >= 15 is 0 Å². The van der Waals surface area contributed by atoms with Crippen molar-refractivity contribution in [2.24, 2.45) is 27.6 Å². The van der Waals surface area contributed by atoms with Crippen molar-refractivity contribution in [3.63, 3.8) is 0 Å². The van der Waals surface area contributed by atoms with Crippen molar-refractivity contribution in [2.75, 3.05) is 0 Å². The predicted molar refractivity (Wildman–Crippen MR) is 124 cm³/mol. The molecule has 1 aromatic heterocycles. The summed E-state index contributed by atoms with van der Waals surface area (Å²) in [5.41, 5.74) is -3.06. The summed E-state index contributed by atoms with van der Waals surface area (Å²) in [5, 5.41) is 11.5. The summed E-state index contributed by atoms with van der Waals surface area (Å²) in [4.78, 5) is 39.6. The van der Waals surface area contributed by atoms with Crippen LogP contribution in [-0.2, 0) is 23.9 Å². The van der Waals surface area contributed by atoms with Crippen molar-refractivity contribution in [1.82, 2.24) is 0 Å². The van der Waals surface area contributed by atoms with E-state index in [4.69, 9.17) is 13.9 Å². The Hall–Kier alpha value is -2.67. The zero-order valence-electron chi connectivity index (χ0n) is 21.0. The minimum Gasteiger partial charge on any atom is -0.504 e. The van der Waals surface area contributed by atoms with E-state index < -0.39 is 51.0 Å². The fraction of sp³-hybridized carbons (Fsp3) is 0.607. The van der Waals surface area contributed by atoms with Crippen molar-refractivity contribution in [2.45, 2.75) is 78.1 Å². The van der Waals surface area contributed by atoms with Crippen LogP contribution in [0, 0.1) is 27.6 Å². The Morgan fingerprint density at radius 2 is 1.89 bits per heavy atom. The fourth-order valence-corrected chi connectivity index (χ4v) is 9.22. The molecular weight excluding hydrogens is 448 g/mol. The number of furan rings is 1. The van der Waals surface area contributed by atoms with Gasteiger partial charge in [-0.3, -0.25) is 14.4 Å². The normalized spacial score (nSPS) is 47.0. The topological polar surface area (TPSA) is 106 Å². The lowest BCUT2D eigenvalue weighted by Crippen LogP contribution is -2.70. The number of esters is 1. The van der Waals surface area contributed by atoms with E-state index in [1.54, 1.807) is 38.5 Å². The minimum atomic E-state index is -1.17. The molecular formula is C28H32O7. The number of rotatable bonds is 2. The Labute approximate surface area is 204 Å². The molecule has 5 aliphatic rings. The average Bonchev–Trinajstić information content (AvgIpc) is 3.13. The number of ketones is 2. The zero-order valence-corrected chi connectivity index (χ0v) is 21.0. The number of aliphatic hydroxyl groups is 1. The largest absolute Gasteiger partial charge is 0.504 e. The summed E-state index contributed by atoms with van der Waals surface area (Å²) in [6.45, 7) is 10.8. The van der Waals surface area contributed by atoms with Crippen LogP contribution in [0.4, 0.5) is 0 Å². The number of fused-ring (bicyclic) bond motifs is 3. The lowest BCUT2D eigenvalue weighted by Gasteiger charge is -2.64. The van der Waals surface area contributed by atoms with Crippen LogP contribution in [-0.4, -0.2) is 40.5 Å². The number of allylic oxidation sites excluding steroid dienone is 4. The molecule has 186 valence electrons. The molecule has 1 N–H and O–H groups in total. The molecule has 7 heteroatoms. The van der Waals surface area contributed by atoms with Gasteiger partial charge in [-0.15, -0.1) is 0 Å². The van der Waals surface area contributed by atoms with E-state index in [-0.39, 0.29) is 23.6 Å². The van der Waals surface area contributed by atoms with Gasteiger partial charge in [-0.25, -0.2) is 0 Å². The Morgan fingerprint density at radius 1 is 1.17 bits per heavy atom. The maximum Gasteiger partial charge on any atom is 0.302 e. The van der Waals surface area contributed by atoms with Gasteiger partial charge in [0.2, 0.25) is 5.78 Å². The third kappa shape index (κ3) is 2.30. The minimum absolute atomic E-state index is 0.0453. The number of epoxide rings is 1. The van der Waals surface area contributed by atoms with E-state index in [2.05, 4.69) is 6.92 Å². The quantitative estimate of drug-likeness (QED) is 0.493. The summed E-state index contributed by atoms with van der Waals surface area (Å²) in [6.07, 6.45) is 7.17. The molecule has 35 heavy (non-hydrogen) atoms. The molecule has 2 heterocycles. The molecule has 7 nitrogen and oxygen atoms in total.